The van der Waals surface area contributed by atoms with Gasteiger partial charge in [-0.25, -0.2) is 10.8 Å². The van der Waals surface area contributed by atoms with Crippen molar-refractivity contribution in [3.05, 3.63) is 22.8 Å². The lowest BCUT2D eigenvalue weighted by Gasteiger charge is -2.11. The predicted octanol–water partition coefficient (Wildman–Crippen LogP) is 0.539. The van der Waals surface area contributed by atoms with E-state index in [-0.39, 0.29) is 17.6 Å². The summed E-state index contributed by atoms with van der Waals surface area (Å²) in [6.07, 6.45) is 0.804. The number of nitrogens with two attached hydrogens (primary N) is 1. The molecular formula is C10H13ClN4O2. The van der Waals surface area contributed by atoms with Gasteiger partial charge >= 0.3 is 0 Å². The number of hydrogen-bond acceptors (Lipinski definition) is 5. The zero-order chi connectivity index (χ0) is 12.3. The van der Waals surface area contributed by atoms with E-state index in [9.17, 15) is 4.79 Å². The van der Waals surface area contributed by atoms with E-state index in [2.05, 4.69) is 15.7 Å². The van der Waals surface area contributed by atoms with E-state index in [4.69, 9.17) is 22.2 Å². The molecule has 4 N–H and O–H groups in total. The van der Waals surface area contributed by atoms with Crippen LogP contribution in [0.25, 0.3) is 0 Å². The molecule has 7 heteroatoms. The molecule has 0 saturated carbocycles. The number of amides is 1. The number of nitrogen functional groups attached to an aromatic ring is 1. The maximum absolute atomic E-state index is 11.9. The van der Waals surface area contributed by atoms with Crippen molar-refractivity contribution >= 4 is 23.3 Å². The van der Waals surface area contributed by atoms with Crippen molar-refractivity contribution in [2.45, 2.75) is 12.5 Å². The molecule has 2 rings (SSSR count). The number of anilines is 1. The van der Waals surface area contributed by atoms with Gasteiger partial charge in [-0.15, -0.1) is 0 Å². The van der Waals surface area contributed by atoms with Crippen molar-refractivity contribution < 1.29 is 9.53 Å². The van der Waals surface area contributed by atoms with Gasteiger partial charge in [0.1, 0.15) is 11.5 Å². The number of nitrogens with zero attached hydrogens (tertiary/aromatic N) is 1. The van der Waals surface area contributed by atoms with E-state index < -0.39 is 0 Å². The smallest absolute Gasteiger partial charge is 0.271 e. The summed E-state index contributed by atoms with van der Waals surface area (Å²) in [5.41, 5.74) is 2.53. The predicted molar refractivity (Wildman–Crippen MR) is 63.7 cm³/mol. The van der Waals surface area contributed by atoms with Crippen LogP contribution >= 0.6 is 11.6 Å². The maximum Gasteiger partial charge on any atom is 0.271 e. The van der Waals surface area contributed by atoms with Crippen molar-refractivity contribution in [1.29, 1.82) is 0 Å². The number of aromatic nitrogens is 1. The molecule has 0 bridgehead atoms. The summed E-state index contributed by atoms with van der Waals surface area (Å²) in [7, 11) is 0. The number of carbonyl (C=O) groups excluding carboxylic acids is 1. The number of pyridine rings is 1. The average molecular weight is 257 g/mol. The van der Waals surface area contributed by atoms with Crippen LogP contribution in [0.5, 0.6) is 0 Å². The molecule has 1 aromatic heterocycles. The number of halogens is 1. The van der Waals surface area contributed by atoms with Crippen molar-refractivity contribution in [3.63, 3.8) is 0 Å². The second-order valence-electron chi connectivity index (χ2n) is 3.71. The van der Waals surface area contributed by atoms with Gasteiger partial charge in [0.15, 0.2) is 0 Å². The number of nitrogens with one attached hydrogen (secondary N) is 2. The van der Waals surface area contributed by atoms with Gasteiger partial charge in [0.2, 0.25) is 0 Å². The van der Waals surface area contributed by atoms with Gasteiger partial charge in [-0.2, -0.15) is 0 Å². The summed E-state index contributed by atoms with van der Waals surface area (Å²) in [6, 6.07) is 3.19. The number of hydrazine groups is 1. The second-order valence-corrected chi connectivity index (χ2v) is 4.11. The summed E-state index contributed by atoms with van der Waals surface area (Å²) >= 11 is 5.91. The second kappa shape index (κ2) is 5.31. The minimum absolute atomic E-state index is 0.0230. The Labute approximate surface area is 103 Å². The maximum atomic E-state index is 11.9. The van der Waals surface area contributed by atoms with E-state index in [0.29, 0.717) is 24.1 Å². The van der Waals surface area contributed by atoms with Crippen LogP contribution in [0, 0.1) is 0 Å². The molecular weight excluding hydrogens is 244 g/mol. The van der Waals surface area contributed by atoms with Gasteiger partial charge in [-0.3, -0.25) is 4.79 Å². The average Bonchev–Trinajstić information content (AvgIpc) is 2.82. The van der Waals surface area contributed by atoms with Crippen molar-refractivity contribution in [3.8, 4) is 0 Å². The largest absolute Gasteiger partial charge is 0.379 e. The van der Waals surface area contributed by atoms with Crippen LogP contribution in [0.2, 0.25) is 5.02 Å². The molecule has 1 fully saturated rings. The summed E-state index contributed by atoms with van der Waals surface area (Å²) in [5, 5.41) is 3.10. The van der Waals surface area contributed by atoms with E-state index in [1.54, 1.807) is 12.1 Å². The van der Waals surface area contributed by atoms with Crippen LogP contribution in [0.1, 0.15) is 16.9 Å². The SMILES string of the molecule is NNc1ccc(Cl)c(C(=O)NC2CCOC2)n1. The Balaban J connectivity index is 2.11. The Morgan fingerprint density at radius 2 is 2.41 bits per heavy atom. The molecule has 1 amide bonds. The highest BCUT2D eigenvalue weighted by Crippen LogP contribution is 2.16. The lowest BCUT2D eigenvalue weighted by molar-refractivity contribution is 0.0925. The van der Waals surface area contributed by atoms with Crippen LogP contribution in [0.3, 0.4) is 0 Å². The minimum atomic E-state index is -0.317. The van der Waals surface area contributed by atoms with Gasteiger partial charge in [-0.05, 0) is 18.6 Å². The van der Waals surface area contributed by atoms with Crippen LogP contribution < -0.4 is 16.6 Å². The standard InChI is InChI=1S/C10H13ClN4O2/c11-7-1-2-8(15-12)14-9(7)10(16)13-6-3-4-17-5-6/h1-2,6H,3-5,12H2,(H,13,16)(H,14,15). The zero-order valence-electron chi connectivity index (χ0n) is 9.07. The molecule has 1 saturated heterocycles. The Hall–Kier alpha value is -1.37. The monoisotopic (exact) mass is 256 g/mol. The highest BCUT2D eigenvalue weighted by molar-refractivity contribution is 6.33. The molecule has 1 aliphatic rings. The van der Waals surface area contributed by atoms with E-state index in [1.165, 1.54) is 0 Å². The highest BCUT2D eigenvalue weighted by Gasteiger charge is 2.21. The number of ether oxygens (including phenoxy) is 1. The fourth-order valence-electron chi connectivity index (χ4n) is 1.58. The van der Waals surface area contributed by atoms with Gasteiger partial charge in [0.05, 0.1) is 17.7 Å². The molecule has 92 valence electrons. The number of hydrogen-bond donors (Lipinski definition) is 3. The topological polar surface area (TPSA) is 89.3 Å². The molecule has 0 spiro atoms. The third kappa shape index (κ3) is 2.85. The summed E-state index contributed by atoms with van der Waals surface area (Å²) in [5.74, 6) is 5.30. The van der Waals surface area contributed by atoms with Gasteiger partial charge in [-0.1, -0.05) is 11.6 Å². The first-order valence-electron chi connectivity index (χ1n) is 5.22. The Kier molecular flexibility index (Phi) is 3.78. The van der Waals surface area contributed by atoms with Gasteiger partial charge in [0.25, 0.3) is 5.91 Å². The molecule has 0 aliphatic carbocycles. The minimum Gasteiger partial charge on any atom is -0.379 e. The quantitative estimate of drug-likeness (QED) is 0.543. The summed E-state index contributed by atoms with van der Waals surface area (Å²) in [4.78, 5) is 15.9. The highest BCUT2D eigenvalue weighted by atomic mass is 35.5. The molecule has 1 atom stereocenters. The third-order valence-corrected chi connectivity index (χ3v) is 2.78. The molecule has 17 heavy (non-hydrogen) atoms. The van der Waals surface area contributed by atoms with Crippen LogP contribution in [0.4, 0.5) is 5.82 Å². The van der Waals surface area contributed by atoms with E-state index >= 15 is 0 Å². The van der Waals surface area contributed by atoms with Crippen molar-refractivity contribution in [2.24, 2.45) is 5.84 Å². The Bertz CT molecular complexity index is 421. The van der Waals surface area contributed by atoms with Gasteiger partial charge < -0.3 is 15.5 Å². The normalized spacial score (nSPS) is 19.1. The molecule has 1 aromatic rings. The summed E-state index contributed by atoms with van der Waals surface area (Å²) in [6.45, 7) is 1.19. The Morgan fingerprint density at radius 3 is 3.06 bits per heavy atom. The van der Waals surface area contributed by atoms with Crippen LogP contribution in [0.15, 0.2) is 12.1 Å². The fraction of sp³-hybridized carbons (Fsp3) is 0.400. The van der Waals surface area contributed by atoms with E-state index in [0.717, 1.165) is 6.42 Å². The molecule has 2 heterocycles. The molecule has 0 aromatic carbocycles. The fourth-order valence-corrected chi connectivity index (χ4v) is 1.77. The van der Waals surface area contributed by atoms with Crippen LogP contribution in [-0.2, 0) is 4.74 Å². The number of carbonyl (C=O) groups is 1. The third-order valence-electron chi connectivity index (χ3n) is 2.47. The Morgan fingerprint density at radius 1 is 1.59 bits per heavy atom. The van der Waals surface area contributed by atoms with Crippen molar-refractivity contribution in [2.75, 3.05) is 18.6 Å². The molecule has 1 aliphatic heterocycles. The molecule has 6 nitrogen and oxygen atoms in total. The first-order valence-corrected chi connectivity index (χ1v) is 5.60. The van der Waals surface area contributed by atoms with Crippen molar-refractivity contribution in [1.82, 2.24) is 10.3 Å². The summed E-state index contributed by atoms with van der Waals surface area (Å²) < 4.78 is 5.17. The number of rotatable bonds is 3. The zero-order valence-corrected chi connectivity index (χ0v) is 9.83. The molecule has 0 radical (unpaired) electrons. The first-order chi connectivity index (χ1) is 8.20. The lowest BCUT2D eigenvalue weighted by atomic mass is 10.2. The molecule has 1 unspecified atom stereocenters. The van der Waals surface area contributed by atoms with E-state index in [1.807, 2.05) is 0 Å². The first kappa shape index (κ1) is 12.1. The van der Waals surface area contributed by atoms with Crippen LogP contribution in [-0.4, -0.2) is 30.1 Å². The van der Waals surface area contributed by atoms with Gasteiger partial charge in [0, 0.05) is 6.61 Å². The lowest BCUT2D eigenvalue weighted by Crippen LogP contribution is -2.35.